The van der Waals surface area contributed by atoms with Crippen molar-refractivity contribution < 1.29 is 14.7 Å². The molecule has 0 saturated heterocycles. The van der Waals surface area contributed by atoms with E-state index in [-0.39, 0.29) is 6.61 Å². The molecule has 19 heavy (non-hydrogen) atoms. The minimum absolute atomic E-state index is 0.255. The average molecular weight is 267 g/mol. The number of hydrogen-bond donors (Lipinski definition) is 2. The van der Waals surface area contributed by atoms with Crippen LogP contribution in [0.15, 0.2) is 24.3 Å². The molecule has 0 aliphatic carbocycles. The van der Waals surface area contributed by atoms with E-state index in [9.17, 15) is 5.11 Å². The number of rotatable bonds is 9. The summed E-state index contributed by atoms with van der Waals surface area (Å²) < 4.78 is 5.54. The number of benzene rings is 1. The number of ether oxygens (including phenoxy) is 1. The zero-order valence-corrected chi connectivity index (χ0v) is 12.1. The molecule has 1 aromatic rings. The van der Waals surface area contributed by atoms with Gasteiger partial charge in [0.1, 0.15) is 18.5 Å². The Kier molecular flexibility index (Phi) is 7.48. The molecule has 1 unspecified atom stereocenters. The van der Waals surface area contributed by atoms with Gasteiger partial charge in [-0.15, -0.1) is 0 Å². The summed E-state index contributed by atoms with van der Waals surface area (Å²) in [6.45, 7) is 7.49. The molecule has 0 bridgehead atoms. The summed E-state index contributed by atoms with van der Waals surface area (Å²) in [5, 5.41) is 9.73. The molecule has 0 saturated carbocycles. The Balaban J connectivity index is 2.20. The summed E-state index contributed by atoms with van der Waals surface area (Å²) in [5.41, 5.74) is 3.97. The summed E-state index contributed by atoms with van der Waals surface area (Å²) in [4.78, 5) is 5.19. The van der Waals surface area contributed by atoms with Gasteiger partial charge in [0, 0.05) is 0 Å². The van der Waals surface area contributed by atoms with Gasteiger partial charge >= 0.3 is 0 Å². The van der Waals surface area contributed by atoms with E-state index in [1.165, 1.54) is 5.56 Å². The van der Waals surface area contributed by atoms with E-state index in [1.54, 1.807) is 0 Å². The van der Waals surface area contributed by atoms with Gasteiger partial charge in [-0.2, -0.15) is 5.48 Å². The van der Waals surface area contributed by atoms with Crippen LogP contribution in [0, 0.1) is 5.92 Å². The predicted molar refractivity (Wildman–Crippen MR) is 76.1 cm³/mol. The van der Waals surface area contributed by atoms with Crippen molar-refractivity contribution >= 4 is 0 Å². The van der Waals surface area contributed by atoms with Gasteiger partial charge in [0.05, 0.1) is 13.2 Å². The second kappa shape index (κ2) is 8.91. The summed E-state index contributed by atoms with van der Waals surface area (Å²) in [6, 6.07) is 7.92. The fraction of sp³-hybridized carbons (Fsp3) is 0.600. The molecule has 1 rings (SSSR count). The molecule has 0 aliphatic rings. The van der Waals surface area contributed by atoms with Crippen molar-refractivity contribution in [2.45, 2.75) is 33.3 Å². The number of nitrogens with one attached hydrogen (secondary N) is 1. The normalized spacial score (nSPS) is 12.7. The van der Waals surface area contributed by atoms with Crippen LogP contribution < -0.4 is 10.2 Å². The maximum atomic E-state index is 9.73. The monoisotopic (exact) mass is 267 g/mol. The van der Waals surface area contributed by atoms with Crippen molar-refractivity contribution in [2.24, 2.45) is 5.92 Å². The molecule has 1 atom stereocenters. The Bertz CT molecular complexity index is 355. The van der Waals surface area contributed by atoms with Gasteiger partial charge in [-0.25, -0.2) is 0 Å². The number of hydrogen-bond acceptors (Lipinski definition) is 4. The third kappa shape index (κ3) is 7.15. The second-order valence-electron chi connectivity index (χ2n) is 5.02. The van der Waals surface area contributed by atoms with Crippen molar-refractivity contribution in [2.75, 3.05) is 19.8 Å². The van der Waals surface area contributed by atoms with Crippen LogP contribution in [0.1, 0.15) is 26.3 Å². The van der Waals surface area contributed by atoms with Crippen LogP contribution in [0.5, 0.6) is 5.75 Å². The molecular weight excluding hydrogens is 242 g/mol. The maximum Gasteiger partial charge on any atom is 0.119 e. The summed E-state index contributed by atoms with van der Waals surface area (Å²) in [5.74, 6) is 1.26. The van der Waals surface area contributed by atoms with Crippen LogP contribution in [0.2, 0.25) is 0 Å². The van der Waals surface area contributed by atoms with E-state index in [0.29, 0.717) is 19.1 Å². The minimum atomic E-state index is -0.586. The Hall–Kier alpha value is -1.10. The van der Waals surface area contributed by atoms with Crippen LogP contribution in [-0.4, -0.2) is 31.0 Å². The SMILES string of the molecule is CCc1cccc(OCC(O)CNOCC(C)C)c1. The molecule has 0 aromatic heterocycles. The Labute approximate surface area is 115 Å². The lowest BCUT2D eigenvalue weighted by atomic mass is 10.2. The van der Waals surface area contributed by atoms with Crippen molar-refractivity contribution in [3.63, 3.8) is 0 Å². The molecule has 0 fully saturated rings. The van der Waals surface area contributed by atoms with Crippen molar-refractivity contribution in [3.8, 4) is 5.75 Å². The largest absolute Gasteiger partial charge is 0.491 e. The van der Waals surface area contributed by atoms with E-state index >= 15 is 0 Å². The highest BCUT2D eigenvalue weighted by molar-refractivity contribution is 5.28. The quantitative estimate of drug-likeness (QED) is 0.532. The van der Waals surface area contributed by atoms with E-state index in [2.05, 4.69) is 32.3 Å². The smallest absolute Gasteiger partial charge is 0.119 e. The van der Waals surface area contributed by atoms with Crippen molar-refractivity contribution in [1.82, 2.24) is 5.48 Å². The zero-order chi connectivity index (χ0) is 14.1. The summed E-state index contributed by atoms with van der Waals surface area (Å²) in [6.07, 6.45) is 0.391. The standard InChI is InChI=1S/C15H25NO3/c1-4-13-6-5-7-15(8-13)18-11-14(17)9-16-19-10-12(2)3/h5-8,12,14,16-17H,4,9-11H2,1-3H3. The Morgan fingerprint density at radius 3 is 2.74 bits per heavy atom. The molecule has 0 spiro atoms. The van der Waals surface area contributed by atoms with E-state index in [4.69, 9.17) is 9.57 Å². The predicted octanol–water partition coefficient (Wildman–Crippen LogP) is 2.17. The first-order chi connectivity index (χ1) is 9.11. The number of aryl methyl sites for hydroxylation is 1. The van der Waals surface area contributed by atoms with Gasteiger partial charge < -0.3 is 14.7 Å². The molecule has 4 nitrogen and oxygen atoms in total. The maximum absolute atomic E-state index is 9.73. The fourth-order valence-electron chi connectivity index (χ4n) is 1.49. The lowest BCUT2D eigenvalue weighted by Crippen LogP contribution is -2.32. The molecule has 0 heterocycles. The third-order valence-corrected chi connectivity index (χ3v) is 2.59. The molecule has 0 aliphatic heterocycles. The molecule has 2 N–H and O–H groups in total. The minimum Gasteiger partial charge on any atom is -0.491 e. The van der Waals surface area contributed by atoms with Crippen molar-refractivity contribution in [3.05, 3.63) is 29.8 Å². The first-order valence-electron chi connectivity index (χ1n) is 6.86. The van der Waals surface area contributed by atoms with Crippen LogP contribution in [-0.2, 0) is 11.3 Å². The highest BCUT2D eigenvalue weighted by Crippen LogP contribution is 2.13. The number of aliphatic hydroxyl groups is 1. The molecule has 0 amide bonds. The molecule has 108 valence electrons. The lowest BCUT2D eigenvalue weighted by Gasteiger charge is -2.14. The van der Waals surface area contributed by atoms with Gasteiger partial charge in [-0.05, 0) is 30.0 Å². The van der Waals surface area contributed by atoms with E-state index in [1.807, 2.05) is 18.2 Å². The van der Waals surface area contributed by atoms with Gasteiger partial charge in [0.2, 0.25) is 0 Å². The zero-order valence-electron chi connectivity index (χ0n) is 12.1. The topological polar surface area (TPSA) is 50.7 Å². The second-order valence-corrected chi connectivity index (χ2v) is 5.02. The average Bonchev–Trinajstić information content (AvgIpc) is 2.41. The highest BCUT2D eigenvalue weighted by atomic mass is 16.6. The first-order valence-corrected chi connectivity index (χ1v) is 6.86. The van der Waals surface area contributed by atoms with Crippen LogP contribution in [0.4, 0.5) is 0 Å². The molecular formula is C15H25NO3. The van der Waals surface area contributed by atoms with Crippen LogP contribution in [0.25, 0.3) is 0 Å². The van der Waals surface area contributed by atoms with Gasteiger partial charge in [0.15, 0.2) is 0 Å². The van der Waals surface area contributed by atoms with E-state index < -0.39 is 6.10 Å². The summed E-state index contributed by atoms with van der Waals surface area (Å²) in [7, 11) is 0. The van der Waals surface area contributed by atoms with Gasteiger partial charge in [0.25, 0.3) is 0 Å². The Morgan fingerprint density at radius 1 is 1.26 bits per heavy atom. The highest BCUT2D eigenvalue weighted by Gasteiger charge is 2.05. The fourth-order valence-corrected chi connectivity index (χ4v) is 1.49. The van der Waals surface area contributed by atoms with Crippen molar-refractivity contribution in [1.29, 1.82) is 0 Å². The molecule has 1 aromatic carbocycles. The van der Waals surface area contributed by atoms with Crippen LogP contribution in [0.3, 0.4) is 0 Å². The number of aliphatic hydroxyl groups excluding tert-OH is 1. The Morgan fingerprint density at radius 2 is 2.05 bits per heavy atom. The first kappa shape index (κ1) is 16.0. The molecule has 0 radical (unpaired) electrons. The third-order valence-electron chi connectivity index (χ3n) is 2.59. The summed E-state index contributed by atoms with van der Waals surface area (Å²) >= 11 is 0. The molecule has 4 heteroatoms. The number of hydroxylamine groups is 1. The van der Waals surface area contributed by atoms with Gasteiger partial charge in [-0.1, -0.05) is 32.9 Å². The van der Waals surface area contributed by atoms with Crippen LogP contribution >= 0.6 is 0 Å². The van der Waals surface area contributed by atoms with E-state index in [0.717, 1.165) is 12.2 Å². The lowest BCUT2D eigenvalue weighted by molar-refractivity contribution is -0.00774. The van der Waals surface area contributed by atoms with Gasteiger partial charge in [-0.3, -0.25) is 0 Å².